The molecule has 4 nitrogen and oxygen atoms in total. The number of para-hydroxylation sites is 1. The largest absolute Gasteiger partial charge is 0.493 e. The van der Waals surface area contributed by atoms with E-state index in [9.17, 15) is 0 Å². The highest BCUT2D eigenvalue weighted by atomic mass is 16.5. The molecule has 0 aromatic heterocycles. The summed E-state index contributed by atoms with van der Waals surface area (Å²) in [6.45, 7) is 10.1. The van der Waals surface area contributed by atoms with Crippen molar-refractivity contribution in [3.63, 3.8) is 0 Å². The van der Waals surface area contributed by atoms with Crippen molar-refractivity contribution in [2.24, 2.45) is 5.92 Å². The van der Waals surface area contributed by atoms with Gasteiger partial charge in [-0.1, -0.05) is 32.9 Å². The summed E-state index contributed by atoms with van der Waals surface area (Å²) in [6, 6.07) is 5.96. The highest BCUT2D eigenvalue weighted by Gasteiger charge is 2.10. The van der Waals surface area contributed by atoms with Crippen molar-refractivity contribution in [3.05, 3.63) is 23.8 Å². The molecule has 0 unspecified atom stereocenters. The van der Waals surface area contributed by atoms with Crippen LogP contribution in [0, 0.1) is 5.92 Å². The Morgan fingerprint density at radius 1 is 1.14 bits per heavy atom. The van der Waals surface area contributed by atoms with Crippen molar-refractivity contribution in [1.29, 1.82) is 0 Å². The molecule has 0 aliphatic carbocycles. The number of hydrogen-bond acceptors (Lipinski definition) is 4. The third-order valence-electron chi connectivity index (χ3n) is 3.16. The highest BCUT2D eigenvalue weighted by Crippen LogP contribution is 2.30. The van der Waals surface area contributed by atoms with Crippen LogP contribution in [0.3, 0.4) is 0 Å². The molecule has 0 saturated carbocycles. The molecule has 1 aromatic carbocycles. The summed E-state index contributed by atoms with van der Waals surface area (Å²) in [4.78, 5) is 0. The van der Waals surface area contributed by atoms with Gasteiger partial charge in [-0.3, -0.25) is 0 Å². The van der Waals surface area contributed by atoms with E-state index in [-0.39, 0.29) is 0 Å². The molecule has 0 aliphatic heterocycles. The maximum Gasteiger partial charge on any atom is 0.165 e. The second-order valence-electron chi connectivity index (χ2n) is 5.37. The van der Waals surface area contributed by atoms with Gasteiger partial charge < -0.3 is 19.5 Å². The quantitative estimate of drug-likeness (QED) is 0.636. The topological polar surface area (TPSA) is 39.7 Å². The molecule has 21 heavy (non-hydrogen) atoms. The average Bonchev–Trinajstić information content (AvgIpc) is 2.48. The molecule has 0 bridgehead atoms. The summed E-state index contributed by atoms with van der Waals surface area (Å²) in [5, 5.41) is 3.31. The van der Waals surface area contributed by atoms with Crippen molar-refractivity contribution in [2.45, 2.75) is 33.7 Å². The lowest BCUT2D eigenvalue weighted by molar-refractivity contribution is 0.0912. The lowest BCUT2D eigenvalue weighted by Crippen LogP contribution is -2.15. The molecule has 0 saturated heterocycles. The van der Waals surface area contributed by atoms with Gasteiger partial charge in [0.05, 0.1) is 13.7 Å². The number of hydrogen-bond donors (Lipinski definition) is 1. The Kier molecular flexibility index (Phi) is 8.87. The molecule has 1 N–H and O–H groups in total. The lowest BCUT2D eigenvalue weighted by atomic mass is 10.1. The van der Waals surface area contributed by atoms with Crippen LogP contribution in [0.1, 0.15) is 32.8 Å². The fourth-order valence-electron chi connectivity index (χ4n) is 1.91. The van der Waals surface area contributed by atoms with Crippen LogP contribution in [0.5, 0.6) is 11.5 Å². The molecule has 1 aromatic rings. The van der Waals surface area contributed by atoms with Crippen molar-refractivity contribution in [2.75, 3.05) is 33.5 Å². The second kappa shape index (κ2) is 10.5. The van der Waals surface area contributed by atoms with Gasteiger partial charge in [-0.05, 0) is 24.9 Å². The first kappa shape index (κ1) is 17.8. The van der Waals surface area contributed by atoms with Gasteiger partial charge in [0.1, 0.15) is 6.61 Å². The summed E-state index contributed by atoms with van der Waals surface area (Å²) < 4.78 is 16.8. The molecule has 0 atom stereocenters. The molecular weight excluding hydrogens is 266 g/mol. The second-order valence-corrected chi connectivity index (χ2v) is 5.37. The molecule has 0 amide bonds. The minimum absolute atomic E-state index is 0.539. The standard InChI is InChI=1S/C17H29NO3/c1-5-18-13-15-7-6-8-16(19-4)17(15)21-12-11-20-10-9-14(2)3/h6-8,14,18H,5,9-13H2,1-4H3. The van der Waals surface area contributed by atoms with Crippen LogP contribution < -0.4 is 14.8 Å². The first-order chi connectivity index (χ1) is 10.2. The average molecular weight is 295 g/mol. The monoisotopic (exact) mass is 295 g/mol. The molecule has 0 fully saturated rings. The van der Waals surface area contributed by atoms with Gasteiger partial charge in [0.2, 0.25) is 0 Å². The van der Waals surface area contributed by atoms with Gasteiger partial charge in [0.25, 0.3) is 0 Å². The van der Waals surface area contributed by atoms with E-state index in [1.807, 2.05) is 12.1 Å². The first-order valence-electron chi connectivity index (χ1n) is 7.76. The van der Waals surface area contributed by atoms with Crippen molar-refractivity contribution < 1.29 is 14.2 Å². The Morgan fingerprint density at radius 3 is 2.62 bits per heavy atom. The summed E-state index contributed by atoms with van der Waals surface area (Å²) in [5.41, 5.74) is 1.11. The maximum absolute atomic E-state index is 5.87. The Labute approximate surface area is 128 Å². The maximum atomic E-state index is 5.87. The van der Waals surface area contributed by atoms with Crippen LogP contribution in [0.4, 0.5) is 0 Å². The first-order valence-corrected chi connectivity index (χ1v) is 7.76. The third-order valence-corrected chi connectivity index (χ3v) is 3.16. The highest BCUT2D eigenvalue weighted by molar-refractivity contribution is 5.46. The molecule has 0 radical (unpaired) electrons. The smallest absolute Gasteiger partial charge is 0.165 e. The summed E-state index contributed by atoms with van der Waals surface area (Å²) in [7, 11) is 1.67. The molecular formula is C17H29NO3. The van der Waals surface area contributed by atoms with Gasteiger partial charge in [-0.2, -0.15) is 0 Å². The zero-order chi connectivity index (χ0) is 15.5. The molecule has 4 heteroatoms. The number of benzene rings is 1. The zero-order valence-electron chi connectivity index (χ0n) is 13.8. The third kappa shape index (κ3) is 6.82. The van der Waals surface area contributed by atoms with E-state index in [1.54, 1.807) is 7.11 Å². The van der Waals surface area contributed by atoms with Gasteiger partial charge in [-0.25, -0.2) is 0 Å². The SMILES string of the molecule is CCNCc1cccc(OC)c1OCCOCCC(C)C. The van der Waals surface area contributed by atoms with Crippen molar-refractivity contribution in [3.8, 4) is 11.5 Å². The molecule has 0 spiro atoms. The van der Waals surface area contributed by atoms with Crippen LogP contribution in [0.25, 0.3) is 0 Å². The van der Waals surface area contributed by atoms with Gasteiger partial charge >= 0.3 is 0 Å². The zero-order valence-corrected chi connectivity index (χ0v) is 13.8. The molecule has 1 rings (SSSR count). The van der Waals surface area contributed by atoms with Crippen LogP contribution in [-0.4, -0.2) is 33.5 Å². The molecule has 0 aliphatic rings. The van der Waals surface area contributed by atoms with Gasteiger partial charge in [0, 0.05) is 18.7 Å². The normalized spacial score (nSPS) is 10.9. The Balaban J connectivity index is 2.47. The van der Waals surface area contributed by atoms with E-state index in [2.05, 4.69) is 32.2 Å². The Hall–Kier alpha value is -1.26. The predicted octanol–water partition coefficient (Wildman–Crippen LogP) is 3.25. The van der Waals surface area contributed by atoms with E-state index in [4.69, 9.17) is 14.2 Å². The summed E-state index contributed by atoms with van der Waals surface area (Å²) >= 11 is 0. The number of nitrogens with one attached hydrogen (secondary N) is 1. The van der Waals surface area contributed by atoms with E-state index < -0.39 is 0 Å². The summed E-state index contributed by atoms with van der Waals surface area (Å²) in [5.74, 6) is 2.26. The van der Waals surface area contributed by atoms with Gasteiger partial charge in [0.15, 0.2) is 11.5 Å². The van der Waals surface area contributed by atoms with Gasteiger partial charge in [-0.15, -0.1) is 0 Å². The number of methoxy groups -OCH3 is 1. The van der Waals surface area contributed by atoms with Crippen LogP contribution in [0.2, 0.25) is 0 Å². The van der Waals surface area contributed by atoms with Crippen LogP contribution in [0.15, 0.2) is 18.2 Å². The Bertz CT molecular complexity index is 394. The molecule has 0 heterocycles. The minimum atomic E-state index is 0.539. The van der Waals surface area contributed by atoms with Crippen molar-refractivity contribution in [1.82, 2.24) is 5.32 Å². The van der Waals surface area contributed by atoms with Crippen LogP contribution >= 0.6 is 0 Å². The van der Waals surface area contributed by atoms with E-state index >= 15 is 0 Å². The summed E-state index contributed by atoms with van der Waals surface area (Å²) in [6.07, 6.45) is 1.08. The number of rotatable bonds is 11. The fraction of sp³-hybridized carbons (Fsp3) is 0.647. The van der Waals surface area contributed by atoms with E-state index in [0.29, 0.717) is 19.1 Å². The van der Waals surface area contributed by atoms with Crippen molar-refractivity contribution >= 4 is 0 Å². The minimum Gasteiger partial charge on any atom is -0.493 e. The van der Waals surface area contributed by atoms with E-state index in [0.717, 1.165) is 43.2 Å². The lowest BCUT2D eigenvalue weighted by Gasteiger charge is -2.15. The van der Waals surface area contributed by atoms with E-state index in [1.165, 1.54) is 0 Å². The fourth-order valence-corrected chi connectivity index (χ4v) is 1.91. The molecule has 120 valence electrons. The predicted molar refractivity (Wildman–Crippen MR) is 86.1 cm³/mol. The van der Waals surface area contributed by atoms with Crippen LogP contribution in [-0.2, 0) is 11.3 Å². The number of ether oxygens (including phenoxy) is 3. The Morgan fingerprint density at radius 2 is 1.95 bits per heavy atom.